The number of carbonyl (C=O) groups is 3. The number of hydrogen-bond acceptors (Lipinski definition) is 6. The van der Waals surface area contributed by atoms with Gasteiger partial charge in [-0.25, -0.2) is 0 Å². The molecule has 1 rings (SSSR count). The first-order valence-corrected chi connectivity index (χ1v) is 7.36. The average Bonchev–Trinajstić information content (AvgIpc) is 2.36. The van der Waals surface area contributed by atoms with Gasteiger partial charge >= 0.3 is 24.0 Å². The van der Waals surface area contributed by atoms with Crippen molar-refractivity contribution >= 4 is 33.8 Å². The third kappa shape index (κ3) is 5.34. The maximum absolute atomic E-state index is 12.5. The van der Waals surface area contributed by atoms with Crippen LogP contribution in [0.5, 0.6) is 0 Å². The molecule has 1 saturated heterocycles. The summed E-state index contributed by atoms with van der Waals surface area (Å²) in [5, 5.41) is 0.708. The summed E-state index contributed by atoms with van der Waals surface area (Å²) in [5.41, 5.74) is 0. The van der Waals surface area contributed by atoms with Crippen LogP contribution in [-0.4, -0.2) is 53.4 Å². The van der Waals surface area contributed by atoms with Crippen LogP contribution in [0, 0.1) is 0 Å². The average molecular weight is 406 g/mol. The monoisotopic (exact) mass is 405 g/mol. The zero-order chi connectivity index (χ0) is 17.9. The fraction of sp³-hybridized carbons (Fsp3) is 0.750. The maximum atomic E-state index is 12.5. The van der Waals surface area contributed by atoms with E-state index in [2.05, 4.69) is 15.9 Å². The Morgan fingerprint density at radius 2 is 1.57 bits per heavy atom. The molecule has 0 saturated carbocycles. The summed E-state index contributed by atoms with van der Waals surface area (Å²) in [4.78, 5) is 33.6. The molecular formula is C12H15BrF3NO6. The van der Waals surface area contributed by atoms with Gasteiger partial charge in [0.1, 0.15) is 6.04 Å². The normalized spacial score (nSPS) is 31.2. The maximum Gasteiger partial charge on any atom is 0.471 e. The molecule has 132 valence electrons. The topological polar surface area (TPSA) is 90.9 Å². The van der Waals surface area contributed by atoms with Gasteiger partial charge in [0.15, 0.2) is 17.2 Å². The molecule has 0 aliphatic carbocycles. The Morgan fingerprint density at radius 3 is 2.00 bits per heavy atom. The SMILES string of the molecule is CC(=O)O[C@H]1[C@@H](NC(=O)C(F)(F)F)[C@H](OC(C)=O)[C@@H](Br)O[C@@H]1C. The molecule has 1 amide bonds. The lowest BCUT2D eigenvalue weighted by atomic mass is 9.97. The number of ether oxygens (including phenoxy) is 3. The molecule has 0 aromatic carbocycles. The number of amides is 1. The summed E-state index contributed by atoms with van der Waals surface area (Å²) in [5.74, 6) is -3.83. The molecule has 1 fully saturated rings. The number of hydrogen-bond donors (Lipinski definition) is 1. The van der Waals surface area contributed by atoms with Crippen molar-refractivity contribution in [2.45, 2.75) is 56.3 Å². The highest BCUT2D eigenvalue weighted by atomic mass is 79.9. The van der Waals surface area contributed by atoms with E-state index in [-0.39, 0.29) is 0 Å². The molecule has 0 spiro atoms. The van der Waals surface area contributed by atoms with Gasteiger partial charge in [-0.05, 0) is 6.92 Å². The van der Waals surface area contributed by atoms with Crippen LogP contribution >= 0.6 is 15.9 Å². The first-order valence-electron chi connectivity index (χ1n) is 6.45. The predicted octanol–water partition coefficient (Wildman–Crippen LogP) is 1.04. The van der Waals surface area contributed by atoms with E-state index in [1.807, 2.05) is 0 Å². The summed E-state index contributed by atoms with van der Waals surface area (Å²) >= 11 is 3.03. The van der Waals surface area contributed by atoms with Crippen molar-refractivity contribution < 1.29 is 41.8 Å². The van der Waals surface area contributed by atoms with Crippen molar-refractivity contribution in [2.75, 3.05) is 0 Å². The summed E-state index contributed by atoms with van der Waals surface area (Å²) in [6.07, 6.45) is -8.59. The van der Waals surface area contributed by atoms with Crippen LogP contribution in [0.25, 0.3) is 0 Å². The summed E-state index contributed by atoms with van der Waals surface area (Å²) in [7, 11) is 0. The molecule has 0 unspecified atom stereocenters. The summed E-state index contributed by atoms with van der Waals surface area (Å²) in [6.45, 7) is 3.54. The van der Waals surface area contributed by atoms with Gasteiger partial charge in [-0.3, -0.25) is 14.4 Å². The second kappa shape index (κ2) is 7.47. The molecule has 0 aromatic heterocycles. The minimum atomic E-state index is -5.15. The van der Waals surface area contributed by atoms with E-state index in [4.69, 9.17) is 14.2 Å². The van der Waals surface area contributed by atoms with Crippen molar-refractivity contribution in [3.63, 3.8) is 0 Å². The number of esters is 2. The number of nitrogens with one attached hydrogen (secondary N) is 1. The lowest BCUT2D eigenvalue weighted by Gasteiger charge is -2.43. The smallest absolute Gasteiger partial charge is 0.457 e. The Balaban J connectivity index is 3.12. The molecule has 23 heavy (non-hydrogen) atoms. The van der Waals surface area contributed by atoms with Gasteiger partial charge in [0, 0.05) is 13.8 Å². The third-order valence-electron chi connectivity index (χ3n) is 2.93. The Hall–Kier alpha value is -1.36. The molecule has 1 aliphatic rings. The lowest BCUT2D eigenvalue weighted by Crippen LogP contribution is -2.65. The van der Waals surface area contributed by atoms with E-state index in [1.165, 1.54) is 6.92 Å². The van der Waals surface area contributed by atoms with Crippen LogP contribution < -0.4 is 5.32 Å². The second-order valence-electron chi connectivity index (χ2n) is 4.84. The van der Waals surface area contributed by atoms with Crippen molar-refractivity contribution in [3.8, 4) is 0 Å². The van der Waals surface area contributed by atoms with Crippen molar-refractivity contribution in [3.05, 3.63) is 0 Å². The van der Waals surface area contributed by atoms with Crippen LogP contribution in [0.15, 0.2) is 0 Å². The lowest BCUT2D eigenvalue weighted by molar-refractivity contribution is -0.200. The van der Waals surface area contributed by atoms with Gasteiger partial charge in [0.05, 0.1) is 6.10 Å². The quantitative estimate of drug-likeness (QED) is 0.557. The fourth-order valence-corrected chi connectivity index (χ4v) is 2.86. The van der Waals surface area contributed by atoms with E-state index < -0.39 is 53.4 Å². The highest BCUT2D eigenvalue weighted by molar-refractivity contribution is 9.09. The van der Waals surface area contributed by atoms with Gasteiger partial charge in [-0.2, -0.15) is 13.2 Å². The van der Waals surface area contributed by atoms with Crippen molar-refractivity contribution in [2.24, 2.45) is 0 Å². The molecule has 1 N–H and O–H groups in total. The van der Waals surface area contributed by atoms with E-state index in [9.17, 15) is 27.6 Å². The predicted molar refractivity (Wildman–Crippen MR) is 72.4 cm³/mol. The van der Waals surface area contributed by atoms with Crippen molar-refractivity contribution in [1.29, 1.82) is 0 Å². The standard InChI is InChI=1S/C12H15BrF3NO6/c1-4-8(22-5(2)18)7(17-11(20)12(14,15)16)9(10(13)21-4)23-6(3)19/h4,7-10H,1-3H3,(H,17,20)/t4-,7-,8-,9+,10+/m1/s1. The van der Waals surface area contributed by atoms with E-state index in [0.717, 1.165) is 13.8 Å². The minimum absolute atomic E-state index is 0.786. The number of rotatable bonds is 3. The Morgan fingerprint density at radius 1 is 1.09 bits per heavy atom. The third-order valence-corrected chi connectivity index (χ3v) is 3.67. The van der Waals surface area contributed by atoms with Crippen LogP contribution in [0.4, 0.5) is 13.2 Å². The largest absolute Gasteiger partial charge is 0.471 e. The number of halogens is 4. The van der Waals surface area contributed by atoms with E-state index >= 15 is 0 Å². The fourth-order valence-electron chi connectivity index (χ4n) is 2.08. The highest BCUT2D eigenvalue weighted by Gasteiger charge is 2.51. The molecule has 7 nitrogen and oxygen atoms in total. The Bertz CT molecular complexity index is 458. The number of alkyl halides is 4. The number of carbonyl (C=O) groups excluding carboxylic acids is 3. The van der Waals surface area contributed by atoms with Gasteiger partial charge in [0.25, 0.3) is 0 Å². The van der Waals surface area contributed by atoms with Crippen LogP contribution in [0.2, 0.25) is 0 Å². The second-order valence-corrected chi connectivity index (χ2v) is 5.74. The van der Waals surface area contributed by atoms with Crippen LogP contribution in [0.3, 0.4) is 0 Å². The van der Waals surface area contributed by atoms with Crippen molar-refractivity contribution in [1.82, 2.24) is 5.32 Å². The molecule has 1 heterocycles. The first kappa shape index (κ1) is 19.7. The van der Waals surface area contributed by atoms with E-state index in [0.29, 0.717) is 0 Å². The molecular weight excluding hydrogens is 391 g/mol. The van der Waals surface area contributed by atoms with Gasteiger partial charge in [0.2, 0.25) is 0 Å². The van der Waals surface area contributed by atoms with Crippen LogP contribution in [0.1, 0.15) is 20.8 Å². The first-order chi connectivity index (χ1) is 10.4. The molecule has 1 aliphatic heterocycles. The molecule has 0 bridgehead atoms. The molecule has 5 atom stereocenters. The van der Waals surface area contributed by atoms with Gasteiger partial charge in [-0.1, -0.05) is 15.9 Å². The molecule has 11 heteroatoms. The zero-order valence-electron chi connectivity index (χ0n) is 12.3. The van der Waals surface area contributed by atoms with Gasteiger partial charge < -0.3 is 19.5 Å². The zero-order valence-corrected chi connectivity index (χ0v) is 13.9. The Kier molecular flexibility index (Phi) is 6.40. The summed E-state index contributed by atoms with van der Waals surface area (Å²) < 4.78 is 52.7. The molecule has 0 aromatic rings. The summed E-state index contributed by atoms with van der Waals surface area (Å²) in [6, 6.07) is -1.44. The Labute approximate surface area is 137 Å². The minimum Gasteiger partial charge on any atom is -0.457 e. The highest BCUT2D eigenvalue weighted by Crippen LogP contribution is 2.30. The van der Waals surface area contributed by atoms with Crippen LogP contribution in [-0.2, 0) is 28.6 Å². The molecule has 0 radical (unpaired) electrons. The van der Waals surface area contributed by atoms with E-state index in [1.54, 1.807) is 5.32 Å². The van der Waals surface area contributed by atoms with Gasteiger partial charge in [-0.15, -0.1) is 0 Å².